The number of ether oxygens (including phenoxy) is 1. The van der Waals surface area contributed by atoms with Crippen LogP contribution in [0.25, 0.3) is 0 Å². The molecule has 3 heteroatoms. The maximum absolute atomic E-state index is 10.8. The Morgan fingerprint density at radius 2 is 1.86 bits per heavy atom. The van der Waals surface area contributed by atoms with Crippen LogP contribution in [0.4, 0.5) is 0 Å². The lowest BCUT2D eigenvalue weighted by Crippen LogP contribution is -2.50. The first-order valence-corrected chi connectivity index (χ1v) is 4.65. The van der Waals surface area contributed by atoms with Crippen molar-refractivity contribution in [2.45, 2.75) is 46.3 Å². The zero-order valence-electron chi connectivity index (χ0n) is 9.63. The van der Waals surface area contributed by atoms with Crippen molar-refractivity contribution in [2.75, 3.05) is 0 Å². The minimum atomic E-state index is -1.12. The molecule has 82 valence electrons. The van der Waals surface area contributed by atoms with Crippen LogP contribution in [-0.2, 0) is 9.53 Å². The maximum atomic E-state index is 10.8. The second-order valence-electron chi connectivity index (χ2n) is 4.66. The topological polar surface area (TPSA) is 46.5 Å². The van der Waals surface area contributed by atoms with Crippen molar-refractivity contribution in [3.05, 3.63) is 12.7 Å². The van der Waals surface area contributed by atoms with E-state index in [1.165, 1.54) is 13.0 Å². The highest BCUT2D eigenvalue weighted by Gasteiger charge is 2.43. The molecule has 0 saturated heterocycles. The number of hydrogen-bond donors (Lipinski definition) is 1. The first-order chi connectivity index (χ1) is 6.13. The largest absolute Gasteiger partial charge is 0.455 e. The second kappa shape index (κ2) is 4.13. The van der Waals surface area contributed by atoms with Gasteiger partial charge in [-0.05, 0) is 18.4 Å². The van der Waals surface area contributed by atoms with Crippen LogP contribution in [-0.4, -0.2) is 22.8 Å². The molecule has 0 unspecified atom stereocenters. The first-order valence-electron chi connectivity index (χ1n) is 4.65. The third-order valence-electron chi connectivity index (χ3n) is 2.58. The number of rotatable bonds is 3. The van der Waals surface area contributed by atoms with Gasteiger partial charge in [0.05, 0.1) is 0 Å². The fraction of sp³-hybridized carbons (Fsp3) is 0.727. The Labute approximate surface area is 85.8 Å². The van der Waals surface area contributed by atoms with E-state index < -0.39 is 17.7 Å². The van der Waals surface area contributed by atoms with Gasteiger partial charge < -0.3 is 9.84 Å². The highest BCUT2D eigenvalue weighted by Crippen LogP contribution is 2.34. The van der Waals surface area contributed by atoms with Gasteiger partial charge in [-0.15, -0.1) is 0 Å². The van der Waals surface area contributed by atoms with E-state index in [0.717, 1.165) is 0 Å². The minimum absolute atomic E-state index is 0.388. The SMILES string of the molecule is C=C[C@@H](OC(C)=O)[C@](C)(O)C(C)(C)C. The summed E-state index contributed by atoms with van der Waals surface area (Å²) < 4.78 is 4.98. The molecule has 1 N–H and O–H groups in total. The van der Waals surface area contributed by atoms with Crippen molar-refractivity contribution in [3.63, 3.8) is 0 Å². The molecule has 0 fully saturated rings. The summed E-state index contributed by atoms with van der Waals surface area (Å²) in [4.78, 5) is 10.8. The molecule has 0 bridgehead atoms. The Bertz CT molecular complexity index is 223. The van der Waals surface area contributed by atoms with Gasteiger partial charge in [0.1, 0.15) is 11.7 Å². The number of aliphatic hydroxyl groups is 1. The predicted octanol–water partition coefficient (Wildman–Crippen LogP) is 1.90. The highest BCUT2D eigenvalue weighted by atomic mass is 16.6. The van der Waals surface area contributed by atoms with E-state index in [1.54, 1.807) is 6.92 Å². The molecule has 0 aromatic heterocycles. The first kappa shape index (κ1) is 13.2. The molecule has 0 rings (SSSR count). The Hall–Kier alpha value is -0.830. The fourth-order valence-corrected chi connectivity index (χ4v) is 0.998. The predicted molar refractivity (Wildman–Crippen MR) is 55.8 cm³/mol. The van der Waals surface area contributed by atoms with Crippen molar-refractivity contribution in [2.24, 2.45) is 5.41 Å². The Kier molecular flexibility index (Phi) is 3.89. The number of carbonyl (C=O) groups is 1. The van der Waals surface area contributed by atoms with Gasteiger partial charge in [-0.25, -0.2) is 0 Å². The number of hydrogen-bond acceptors (Lipinski definition) is 3. The quantitative estimate of drug-likeness (QED) is 0.559. The molecule has 0 aromatic carbocycles. The molecule has 0 saturated carbocycles. The van der Waals surface area contributed by atoms with Gasteiger partial charge in [-0.3, -0.25) is 4.79 Å². The monoisotopic (exact) mass is 200 g/mol. The standard InChI is InChI=1S/C11H20O3/c1-7-9(14-8(2)12)11(6,13)10(3,4)5/h7,9,13H,1H2,2-6H3/t9-,11+/m1/s1. The molecule has 0 aliphatic rings. The molecule has 0 spiro atoms. The average molecular weight is 200 g/mol. The summed E-state index contributed by atoms with van der Waals surface area (Å²) in [5.74, 6) is -0.417. The summed E-state index contributed by atoms with van der Waals surface area (Å²) in [6.07, 6.45) is 0.770. The van der Waals surface area contributed by atoms with Crippen LogP contribution >= 0.6 is 0 Å². The van der Waals surface area contributed by atoms with E-state index in [9.17, 15) is 9.90 Å². The third-order valence-corrected chi connectivity index (χ3v) is 2.58. The Balaban J connectivity index is 4.83. The van der Waals surface area contributed by atoms with Crippen LogP contribution in [0.3, 0.4) is 0 Å². The molecular weight excluding hydrogens is 180 g/mol. The van der Waals surface area contributed by atoms with Gasteiger partial charge in [-0.2, -0.15) is 0 Å². The van der Waals surface area contributed by atoms with Crippen LogP contribution in [0.2, 0.25) is 0 Å². The van der Waals surface area contributed by atoms with Crippen LogP contribution in [0, 0.1) is 5.41 Å². The zero-order valence-corrected chi connectivity index (χ0v) is 9.63. The van der Waals surface area contributed by atoms with Crippen LogP contribution < -0.4 is 0 Å². The number of esters is 1. The van der Waals surface area contributed by atoms with Crippen molar-refractivity contribution in [1.29, 1.82) is 0 Å². The summed E-state index contributed by atoms with van der Waals surface area (Å²) in [5.41, 5.74) is -1.51. The van der Waals surface area contributed by atoms with Crippen LogP contribution in [0.1, 0.15) is 34.6 Å². The molecule has 0 radical (unpaired) electrons. The molecule has 2 atom stereocenters. The van der Waals surface area contributed by atoms with Gasteiger partial charge in [0, 0.05) is 6.92 Å². The molecule has 3 nitrogen and oxygen atoms in total. The molecular formula is C11H20O3. The summed E-state index contributed by atoms with van der Waals surface area (Å²) in [6, 6.07) is 0. The Morgan fingerprint density at radius 1 is 1.43 bits per heavy atom. The van der Waals surface area contributed by atoms with Gasteiger partial charge in [0.2, 0.25) is 0 Å². The summed E-state index contributed by atoms with van der Waals surface area (Å²) in [5, 5.41) is 10.2. The van der Waals surface area contributed by atoms with Gasteiger partial charge in [-0.1, -0.05) is 27.4 Å². The molecule has 0 amide bonds. The van der Waals surface area contributed by atoms with Gasteiger partial charge in [0.25, 0.3) is 0 Å². The number of carbonyl (C=O) groups excluding carboxylic acids is 1. The second-order valence-corrected chi connectivity index (χ2v) is 4.66. The molecule has 0 aliphatic heterocycles. The van der Waals surface area contributed by atoms with Crippen LogP contribution in [0.15, 0.2) is 12.7 Å². The molecule has 0 heterocycles. The van der Waals surface area contributed by atoms with Crippen molar-refractivity contribution < 1.29 is 14.6 Å². The highest BCUT2D eigenvalue weighted by molar-refractivity contribution is 5.66. The fourth-order valence-electron chi connectivity index (χ4n) is 0.998. The van der Waals surface area contributed by atoms with Crippen molar-refractivity contribution in [1.82, 2.24) is 0 Å². The summed E-state index contributed by atoms with van der Waals surface area (Å²) in [6.45, 7) is 12.2. The van der Waals surface area contributed by atoms with E-state index in [0.29, 0.717) is 0 Å². The lowest BCUT2D eigenvalue weighted by molar-refractivity contribution is -0.167. The lowest BCUT2D eigenvalue weighted by Gasteiger charge is -2.41. The maximum Gasteiger partial charge on any atom is 0.303 e. The summed E-state index contributed by atoms with van der Waals surface area (Å²) in [7, 11) is 0. The van der Waals surface area contributed by atoms with E-state index in [2.05, 4.69) is 6.58 Å². The average Bonchev–Trinajstić information content (AvgIpc) is 1.97. The van der Waals surface area contributed by atoms with Gasteiger partial charge >= 0.3 is 5.97 Å². The van der Waals surface area contributed by atoms with E-state index >= 15 is 0 Å². The summed E-state index contributed by atoms with van der Waals surface area (Å²) >= 11 is 0. The third kappa shape index (κ3) is 2.84. The smallest absolute Gasteiger partial charge is 0.303 e. The van der Waals surface area contributed by atoms with E-state index in [-0.39, 0.29) is 5.41 Å². The molecule has 0 aromatic rings. The molecule has 0 aliphatic carbocycles. The van der Waals surface area contributed by atoms with E-state index in [1.807, 2.05) is 20.8 Å². The normalized spacial score (nSPS) is 18.1. The van der Waals surface area contributed by atoms with Crippen molar-refractivity contribution >= 4 is 5.97 Å². The van der Waals surface area contributed by atoms with Gasteiger partial charge in [0.15, 0.2) is 0 Å². The lowest BCUT2D eigenvalue weighted by atomic mass is 9.74. The minimum Gasteiger partial charge on any atom is -0.455 e. The molecule has 14 heavy (non-hydrogen) atoms. The van der Waals surface area contributed by atoms with Crippen molar-refractivity contribution in [3.8, 4) is 0 Å². The zero-order chi connectivity index (χ0) is 11.6. The van der Waals surface area contributed by atoms with E-state index in [4.69, 9.17) is 4.74 Å². The van der Waals surface area contributed by atoms with Crippen LogP contribution in [0.5, 0.6) is 0 Å². The Morgan fingerprint density at radius 3 is 2.07 bits per heavy atom.